The van der Waals surface area contributed by atoms with Gasteiger partial charge in [0, 0.05) is 0 Å². The van der Waals surface area contributed by atoms with Gasteiger partial charge in [-0.15, -0.1) is 10.2 Å². The maximum atomic E-state index is 5.53. The lowest BCUT2D eigenvalue weighted by Gasteiger charge is -2.31. The Morgan fingerprint density at radius 1 is 1.15 bits per heavy atom. The molecule has 2 unspecified atom stereocenters. The van der Waals surface area contributed by atoms with E-state index in [2.05, 4.69) is 44.3 Å². The van der Waals surface area contributed by atoms with Gasteiger partial charge in [-0.25, -0.2) is 0 Å². The summed E-state index contributed by atoms with van der Waals surface area (Å²) in [6.45, 7) is 0. The number of anilines is 1. The topological polar surface area (TPSA) is 55.9 Å². The fourth-order valence-corrected chi connectivity index (χ4v) is 2.77. The van der Waals surface area contributed by atoms with Crippen LogP contribution in [0.2, 0.25) is 0 Å². The molecule has 0 saturated heterocycles. The van der Waals surface area contributed by atoms with Crippen LogP contribution in [0.3, 0.4) is 0 Å². The van der Waals surface area contributed by atoms with Crippen molar-refractivity contribution in [3.05, 3.63) is 66.4 Å². The fourth-order valence-electron chi connectivity index (χ4n) is 2.77. The van der Waals surface area contributed by atoms with Gasteiger partial charge in [0.2, 0.25) is 5.95 Å². The number of aromatic nitrogens is 3. The maximum absolute atomic E-state index is 5.53. The predicted octanol–water partition coefficient (Wildman–Crippen LogP) is 3.02. The third kappa shape index (κ3) is 1.79. The molecular formula is C15H14N4O. The highest BCUT2D eigenvalue weighted by Gasteiger charge is 2.30. The minimum atomic E-state index is 0.118. The van der Waals surface area contributed by atoms with Gasteiger partial charge in [0.25, 0.3) is 0 Å². The zero-order valence-electron chi connectivity index (χ0n) is 10.8. The van der Waals surface area contributed by atoms with Gasteiger partial charge in [0.1, 0.15) is 12.1 Å². The molecule has 2 atom stereocenters. The lowest BCUT2D eigenvalue weighted by atomic mass is 9.96. The molecule has 0 amide bonds. The molecule has 0 fully saturated rings. The second-order valence-electron chi connectivity index (χ2n) is 4.94. The summed E-state index contributed by atoms with van der Waals surface area (Å²) in [4.78, 5) is 0. The molecule has 5 heteroatoms. The van der Waals surface area contributed by atoms with Crippen LogP contribution >= 0.6 is 0 Å². The molecular weight excluding hydrogens is 252 g/mol. The molecule has 0 radical (unpaired) electrons. The standard InChI is InChI=1S/C15H14N4O/c1-2-5-11(6-3-1)13-9-12(14-7-4-8-20-14)17-15-18-16-10-19(13)15/h1-8,10,12-13H,9H2,(H,17,18). The van der Waals surface area contributed by atoms with Crippen molar-refractivity contribution in [3.63, 3.8) is 0 Å². The molecule has 1 aromatic carbocycles. The van der Waals surface area contributed by atoms with Crippen molar-refractivity contribution in [2.24, 2.45) is 0 Å². The van der Waals surface area contributed by atoms with Crippen LogP contribution in [0.15, 0.2) is 59.5 Å². The van der Waals surface area contributed by atoms with E-state index in [-0.39, 0.29) is 12.1 Å². The minimum absolute atomic E-state index is 0.118. The van der Waals surface area contributed by atoms with E-state index >= 15 is 0 Å². The minimum Gasteiger partial charge on any atom is -0.467 e. The van der Waals surface area contributed by atoms with Crippen molar-refractivity contribution in [3.8, 4) is 0 Å². The third-order valence-electron chi connectivity index (χ3n) is 3.74. The van der Waals surface area contributed by atoms with Crippen LogP contribution in [-0.4, -0.2) is 14.8 Å². The Labute approximate surface area is 116 Å². The Morgan fingerprint density at radius 2 is 2.05 bits per heavy atom. The third-order valence-corrected chi connectivity index (χ3v) is 3.74. The van der Waals surface area contributed by atoms with Crippen LogP contribution in [0, 0.1) is 0 Å². The average molecular weight is 266 g/mol. The molecule has 3 aromatic rings. The van der Waals surface area contributed by atoms with Gasteiger partial charge in [0.15, 0.2) is 0 Å². The van der Waals surface area contributed by atoms with Gasteiger partial charge >= 0.3 is 0 Å². The molecule has 20 heavy (non-hydrogen) atoms. The van der Waals surface area contributed by atoms with Crippen LogP contribution in [0.5, 0.6) is 0 Å². The first-order valence-electron chi connectivity index (χ1n) is 6.66. The molecule has 1 N–H and O–H groups in total. The number of rotatable bonds is 2. The molecule has 1 aliphatic rings. The Morgan fingerprint density at radius 3 is 2.85 bits per heavy atom. The Kier molecular flexibility index (Phi) is 2.55. The van der Waals surface area contributed by atoms with Crippen LogP contribution in [0.4, 0.5) is 5.95 Å². The number of furan rings is 1. The van der Waals surface area contributed by atoms with Crippen molar-refractivity contribution in [1.82, 2.24) is 14.8 Å². The smallest absolute Gasteiger partial charge is 0.225 e. The number of hydrogen-bond acceptors (Lipinski definition) is 4. The van der Waals surface area contributed by atoms with Crippen LogP contribution < -0.4 is 5.32 Å². The molecule has 3 heterocycles. The van der Waals surface area contributed by atoms with Gasteiger partial charge in [-0.05, 0) is 24.1 Å². The number of benzene rings is 1. The Hall–Kier alpha value is -2.56. The van der Waals surface area contributed by atoms with E-state index in [9.17, 15) is 0 Å². The quantitative estimate of drug-likeness (QED) is 0.774. The monoisotopic (exact) mass is 266 g/mol. The fraction of sp³-hybridized carbons (Fsp3) is 0.200. The lowest BCUT2D eigenvalue weighted by Crippen LogP contribution is -2.26. The Bertz CT molecular complexity index is 690. The first-order valence-corrected chi connectivity index (χ1v) is 6.66. The number of hydrogen-bond donors (Lipinski definition) is 1. The molecule has 4 rings (SSSR count). The second kappa shape index (κ2) is 4.52. The highest BCUT2D eigenvalue weighted by atomic mass is 16.3. The van der Waals surface area contributed by atoms with Gasteiger partial charge in [-0.1, -0.05) is 30.3 Å². The number of fused-ring (bicyclic) bond motifs is 1. The maximum Gasteiger partial charge on any atom is 0.225 e. The Balaban J connectivity index is 1.75. The zero-order chi connectivity index (χ0) is 13.4. The van der Waals surface area contributed by atoms with E-state index in [4.69, 9.17) is 4.42 Å². The molecule has 100 valence electrons. The summed E-state index contributed by atoms with van der Waals surface area (Å²) in [5.74, 6) is 1.71. The van der Waals surface area contributed by atoms with Crippen molar-refractivity contribution in [1.29, 1.82) is 0 Å². The summed E-state index contributed by atoms with van der Waals surface area (Å²) in [6.07, 6.45) is 4.38. The van der Waals surface area contributed by atoms with Gasteiger partial charge in [0.05, 0.1) is 18.3 Å². The molecule has 5 nitrogen and oxygen atoms in total. The van der Waals surface area contributed by atoms with Crippen molar-refractivity contribution in [2.75, 3.05) is 5.32 Å². The lowest BCUT2D eigenvalue weighted by molar-refractivity contribution is 0.403. The molecule has 2 aromatic heterocycles. The summed E-state index contributed by atoms with van der Waals surface area (Å²) in [5, 5.41) is 11.5. The average Bonchev–Trinajstić information content (AvgIpc) is 3.18. The van der Waals surface area contributed by atoms with E-state index in [1.807, 2.05) is 18.2 Å². The largest absolute Gasteiger partial charge is 0.467 e. The predicted molar refractivity (Wildman–Crippen MR) is 74.3 cm³/mol. The van der Waals surface area contributed by atoms with E-state index in [1.54, 1.807) is 12.6 Å². The number of nitrogens with one attached hydrogen (secondary N) is 1. The molecule has 1 aliphatic heterocycles. The number of nitrogens with zero attached hydrogens (tertiary/aromatic N) is 3. The van der Waals surface area contributed by atoms with Crippen molar-refractivity contribution >= 4 is 5.95 Å². The first kappa shape index (κ1) is 11.3. The second-order valence-corrected chi connectivity index (χ2v) is 4.94. The summed E-state index contributed by atoms with van der Waals surface area (Å²) in [6, 6.07) is 14.7. The van der Waals surface area contributed by atoms with E-state index < -0.39 is 0 Å². The SMILES string of the molecule is c1ccc(C2CC(c3ccco3)Nc3nncn32)cc1. The zero-order valence-corrected chi connectivity index (χ0v) is 10.8. The van der Waals surface area contributed by atoms with Gasteiger partial charge in [-0.3, -0.25) is 4.57 Å². The van der Waals surface area contributed by atoms with E-state index in [0.29, 0.717) is 0 Å². The molecule has 0 saturated carbocycles. The molecule has 0 aliphatic carbocycles. The van der Waals surface area contributed by atoms with Gasteiger partial charge < -0.3 is 9.73 Å². The summed E-state index contributed by atoms with van der Waals surface area (Å²) >= 11 is 0. The van der Waals surface area contributed by atoms with Crippen LogP contribution in [-0.2, 0) is 0 Å². The van der Waals surface area contributed by atoms with Crippen LogP contribution in [0.1, 0.15) is 29.8 Å². The summed E-state index contributed by atoms with van der Waals surface area (Å²) < 4.78 is 7.61. The van der Waals surface area contributed by atoms with Gasteiger partial charge in [-0.2, -0.15) is 0 Å². The van der Waals surface area contributed by atoms with Crippen molar-refractivity contribution in [2.45, 2.75) is 18.5 Å². The normalized spacial score (nSPS) is 21.2. The van der Waals surface area contributed by atoms with E-state index in [0.717, 1.165) is 18.1 Å². The van der Waals surface area contributed by atoms with Crippen molar-refractivity contribution < 1.29 is 4.42 Å². The molecule has 0 spiro atoms. The highest BCUT2D eigenvalue weighted by molar-refractivity contribution is 5.36. The highest BCUT2D eigenvalue weighted by Crippen LogP contribution is 2.37. The summed E-state index contributed by atoms with van der Waals surface area (Å²) in [7, 11) is 0. The van der Waals surface area contributed by atoms with Crippen LogP contribution in [0.25, 0.3) is 0 Å². The van der Waals surface area contributed by atoms with E-state index in [1.165, 1.54) is 5.56 Å². The first-order chi connectivity index (χ1) is 9.92. The molecule has 0 bridgehead atoms. The summed E-state index contributed by atoms with van der Waals surface area (Å²) in [5.41, 5.74) is 1.26.